The molecule has 3 fully saturated rings. The molecule has 2 saturated heterocycles. The van der Waals surface area contributed by atoms with E-state index in [1.165, 1.54) is 11.6 Å². The SMILES string of the molecule is CN1CCC2(CC1)OCc1cnc(-c3ccc(C[C@@H](C#N)NC(=O)[C@H]4N[C@@H]5CC[C@H]4C5)c(F)c3)cc12. The van der Waals surface area contributed by atoms with Crippen LogP contribution in [-0.2, 0) is 28.2 Å². The summed E-state index contributed by atoms with van der Waals surface area (Å²) in [4.78, 5) is 19.6. The first-order chi connectivity index (χ1) is 17.4. The number of nitrogens with zero attached hydrogens (tertiary/aromatic N) is 3. The van der Waals surface area contributed by atoms with Crippen LogP contribution < -0.4 is 10.6 Å². The molecule has 0 radical (unpaired) electrons. The molecule has 8 heteroatoms. The van der Waals surface area contributed by atoms with Crippen molar-refractivity contribution >= 4 is 5.91 Å². The lowest BCUT2D eigenvalue weighted by Crippen LogP contribution is -2.50. The minimum atomic E-state index is -0.779. The van der Waals surface area contributed by atoms with Crippen molar-refractivity contribution in [3.8, 4) is 17.3 Å². The van der Waals surface area contributed by atoms with Gasteiger partial charge < -0.3 is 20.3 Å². The first-order valence-corrected chi connectivity index (χ1v) is 13.0. The maximum Gasteiger partial charge on any atom is 0.238 e. The average molecular weight is 490 g/mol. The van der Waals surface area contributed by atoms with Gasteiger partial charge in [0.05, 0.1) is 30.0 Å². The van der Waals surface area contributed by atoms with Gasteiger partial charge in [0.2, 0.25) is 5.91 Å². The van der Waals surface area contributed by atoms with Crippen LogP contribution in [0.3, 0.4) is 0 Å². The summed E-state index contributed by atoms with van der Waals surface area (Å²) in [6.07, 6.45) is 7.03. The zero-order valence-corrected chi connectivity index (χ0v) is 20.6. The molecular weight excluding hydrogens is 457 g/mol. The molecule has 1 saturated carbocycles. The van der Waals surface area contributed by atoms with Gasteiger partial charge in [-0.25, -0.2) is 4.39 Å². The molecule has 7 nitrogen and oxygen atoms in total. The molecule has 1 aromatic heterocycles. The quantitative estimate of drug-likeness (QED) is 0.671. The van der Waals surface area contributed by atoms with Crippen molar-refractivity contribution in [1.29, 1.82) is 5.26 Å². The number of nitriles is 1. The van der Waals surface area contributed by atoms with Gasteiger partial charge in [-0.1, -0.05) is 12.1 Å². The number of nitrogens with one attached hydrogen (secondary N) is 2. The minimum absolute atomic E-state index is 0.122. The summed E-state index contributed by atoms with van der Waals surface area (Å²) < 4.78 is 21.4. The summed E-state index contributed by atoms with van der Waals surface area (Å²) >= 11 is 0. The highest BCUT2D eigenvalue weighted by molar-refractivity contribution is 5.83. The van der Waals surface area contributed by atoms with Crippen molar-refractivity contribution in [3.05, 3.63) is 53.0 Å². The molecule has 2 aromatic rings. The molecule has 1 amide bonds. The maximum absolute atomic E-state index is 15.2. The van der Waals surface area contributed by atoms with Gasteiger partial charge in [0, 0.05) is 42.9 Å². The van der Waals surface area contributed by atoms with Gasteiger partial charge in [0.15, 0.2) is 0 Å². The van der Waals surface area contributed by atoms with Gasteiger partial charge in [-0.05, 0) is 68.3 Å². The van der Waals surface area contributed by atoms with E-state index in [9.17, 15) is 10.1 Å². The van der Waals surface area contributed by atoms with E-state index in [0.717, 1.165) is 56.5 Å². The number of aromatic nitrogens is 1. The third kappa shape index (κ3) is 4.19. The van der Waals surface area contributed by atoms with E-state index in [2.05, 4.69) is 39.7 Å². The predicted molar refractivity (Wildman–Crippen MR) is 132 cm³/mol. The largest absolute Gasteiger partial charge is 0.365 e. The Bertz CT molecular complexity index is 1220. The van der Waals surface area contributed by atoms with E-state index in [0.29, 0.717) is 29.7 Å². The molecule has 4 atom stereocenters. The lowest BCUT2D eigenvalue weighted by molar-refractivity contribution is -0.124. The molecule has 4 aliphatic rings. The molecule has 3 aliphatic heterocycles. The second-order valence-electron chi connectivity index (χ2n) is 10.9. The fraction of sp³-hybridized carbons (Fsp3) is 0.536. The highest BCUT2D eigenvalue weighted by Crippen LogP contribution is 2.44. The molecule has 4 heterocycles. The van der Waals surface area contributed by atoms with Gasteiger partial charge in [0.1, 0.15) is 11.9 Å². The van der Waals surface area contributed by atoms with Crippen LogP contribution >= 0.6 is 0 Å². The molecular formula is C28H32FN5O2. The van der Waals surface area contributed by atoms with Crippen molar-refractivity contribution < 1.29 is 13.9 Å². The van der Waals surface area contributed by atoms with Crippen molar-refractivity contribution in [2.75, 3.05) is 20.1 Å². The van der Waals surface area contributed by atoms with Crippen LogP contribution in [0.4, 0.5) is 4.39 Å². The normalized spacial score (nSPS) is 27.1. The summed E-state index contributed by atoms with van der Waals surface area (Å²) in [6.45, 7) is 2.53. The maximum atomic E-state index is 15.2. The summed E-state index contributed by atoms with van der Waals surface area (Å²) in [5.41, 5.74) is 3.82. The number of rotatable bonds is 5. The summed E-state index contributed by atoms with van der Waals surface area (Å²) in [6, 6.07) is 8.60. The Hall–Kier alpha value is -2.86. The molecule has 2 N–H and O–H groups in total. The number of amides is 1. The molecule has 1 spiro atoms. The first kappa shape index (κ1) is 23.5. The van der Waals surface area contributed by atoms with Crippen LogP contribution in [0.2, 0.25) is 0 Å². The van der Waals surface area contributed by atoms with Crippen LogP contribution in [0.15, 0.2) is 30.5 Å². The number of likely N-dealkylation sites (tertiary alicyclic amines) is 1. The Morgan fingerprint density at radius 1 is 1.36 bits per heavy atom. The smallest absolute Gasteiger partial charge is 0.238 e. The zero-order valence-electron chi connectivity index (χ0n) is 20.6. The third-order valence-electron chi connectivity index (χ3n) is 8.66. The molecule has 36 heavy (non-hydrogen) atoms. The number of fused-ring (bicyclic) bond motifs is 4. The topological polar surface area (TPSA) is 90.3 Å². The second kappa shape index (κ2) is 9.22. The molecule has 1 aliphatic carbocycles. The van der Waals surface area contributed by atoms with Gasteiger partial charge >= 0.3 is 0 Å². The van der Waals surface area contributed by atoms with Gasteiger partial charge in [0.25, 0.3) is 0 Å². The Morgan fingerprint density at radius 2 is 2.19 bits per heavy atom. The number of benzene rings is 1. The van der Waals surface area contributed by atoms with Crippen LogP contribution in [0.1, 0.15) is 48.8 Å². The number of pyridine rings is 1. The highest BCUT2D eigenvalue weighted by Gasteiger charge is 2.44. The van der Waals surface area contributed by atoms with E-state index >= 15 is 4.39 Å². The Balaban J connectivity index is 1.17. The summed E-state index contributed by atoms with van der Waals surface area (Å²) in [5, 5.41) is 15.8. The van der Waals surface area contributed by atoms with E-state index in [4.69, 9.17) is 4.74 Å². The number of hydrogen-bond acceptors (Lipinski definition) is 6. The number of ether oxygens (including phenoxy) is 1. The lowest BCUT2D eigenvalue weighted by atomic mass is 9.84. The molecule has 6 rings (SSSR count). The number of piperidine rings is 2. The Kier molecular flexibility index (Phi) is 6.03. The summed E-state index contributed by atoms with van der Waals surface area (Å²) in [5.74, 6) is -0.213. The van der Waals surface area contributed by atoms with Crippen molar-refractivity contribution in [3.63, 3.8) is 0 Å². The van der Waals surface area contributed by atoms with Crippen molar-refractivity contribution in [2.24, 2.45) is 5.92 Å². The Labute approximate surface area is 211 Å². The lowest BCUT2D eigenvalue weighted by Gasteiger charge is -2.37. The monoisotopic (exact) mass is 489 g/mol. The molecule has 188 valence electrons. The number of halogens is 1. The fourth-order valence-electron chi connectivity index (χ4n) is 6.50. The van der Waals surface area contributed by atoms with Crippen molar-refractivity contribution in [2.45, 2.75) is 68.9 Å². The molecule has 0 unspecified atom stereocenters. The predicted octanol–water partition coefficient (Wildman–Crippen LogP) is 3.03. The minimum Gasteiger partial charge on any atom is -0.365 e. The third-order valence-corrected chi connectivity index (χ3v) is 8.66. The first-order valence-electron chi connectivity index (χ1n) is 13.0. The van der Waals surface area contributed by atoms with Crippen LogP contribution in [0.5, 0.6) is 0 Å². The van der Waals surface area contributed by atoms with Gasteiger partial charge in [-0.15, -0.1) is 0 Å². The van der Waals surface area contributed by atoms with Gasteiger partial charge in [-0.3, -0.25) is 9.78 Å². The van der Waals surface area contributed by atoms with E-state index < -0.39 is 11.9 Å². The summed E-state index contributed by atoms with van der Waals surface area (Å²) in [7, 11) is 2.13. The number of carbonyl (C=O) groups excluding carboxylic acids is 1. The second-order valence-corrected chi connectivity index (χ2v) is 10.9. The fourth-order valence-corrected chi connectivity index (χ4v) is 6.50. The molecule has 1 aromatic carbocycles. The average Bonchev–Trinajstić information content (AvgIpc) is 3.62. The van der Waals surface area contributed by atoms with Gasteiger partial charge in [-0.2, -0.15) is 5.26 Å². The highest BCUT2D eigenvalue weighted by atomic mass is 19.1. The number of carbonyl (C=O) groups is 1. The standard InChI is InChI=1S/C28H32FN5O2/c1-34-8-6-28(7-9-34)23-13-25(31-15-20(23)16-36-28)18-3-2-17(24(29)12-18)10-22(14-30)33-27(35)26-19-4-5-21(11-19)32-26/h2-3,12-13,15,19,21-22,26,32H,4-11,16H2,1H3,(H,33,35)/t19-,21+,22-,26-/m0/s1. The van der Waals surface area contributed by atoms with Crippen LogP contribution in [-0.4, -0.2) is 54.1 Å². The van der Waals surface area contributed by atoms with Crippen LogP contribution in [0, 0.1) is 23.1 Å². The molecule has 2 bridgehead atoms. The zero-order chi connectivity index (χ0) is 24.9. The Morgan fingerprint density at radius 3 is 2.89 bits per heavy atom. The van der Waals surface area contributed by atoms with E-state index in [1.54, 1.807) is 6.07 Å². The van der Waals surface area contributed by atoms with Crippen LogP contribution in [0.25, 0.3) is 11.3 Å². The van der Waals surface area contributed by atoms with E-state index in [1.807, 2.05) is 12.3 Å². The van der Waals surface area contributed by atoms with Crippen molar-refractivity contribution in [1.82, 2.24) is 20.5 Å². The van der Waals surface area contributed by atoms with E-state index in [-0.39, 0.29) is 24.0 Å². The number of hydrogen-bond donors (Lipinski definition) is 2.